The number of thioether (sulfide) groups is 1. The number of hydrogen-bond acceptors (Lipinski definition) is 5. The fourth-order valence-corrected chi connectivity index (χ4v) is 4.01. The molecule has 2 heterocycles. The number of likely N-dealkylation sites (tertiary alicyclic amines) is 1. The Bertz CT molecular complexity index is 781. The normalized spacial score (nSPS) is 17.6. The van der Waals surface area contributed by atoms with E-state index < -0.39 is 23.1 Å². The molecule has 1 fully saturated rings. The number of piperidine rings is 1. The first-order valence-electron chi connectivity index (χ1n) is 10.3. The molecule has 1 aliphatic rings. The molecule has 1 unspecified atom stereocenters. The molecule has 1 saturated heterocycles. The summed E-state index contributed by atoms with van der Waals surface area (Å²) in [5, 5.41) is -0.348. The summed E-state index contributed by atoms with van der Waals surface area (Å²) in [4.78, 5) is 32.5. The first-order valence-corrected chi connectivity index (χ1v) is 11.1. The highest BCUT2D eigenvalue weighted by Crippen LogP contribution is 2.37. The summed E-state index contributed by atoms with van der Waals surface area (Å²) in [5.41, 5.74) is -5.21. The van der Waals surface area contributed by atoms with E-state index in [1.54, 1.807) is 30.6 Å². The second-order valence-corrected chi connectivity index (χ2v) is 9.94. The third-order valence-corrected chi connectivity index (χ3v) is 5.48. The van der Waals surface area contributed by atoms with Crippen molar-refractivity contribution < 1.29 is 27.5 Å². The zero-order valence-corrected chi connectivity index (χ0v) is 19.3. The molecule has 1 atom stereocenters. The van der Waals surface area contributed by atoms with E-state index in [1.807, 2.05) is 13.8 Å². The van der Waals surface area contributed by atoms with Crippen molar-refractivity contribution in [2.24, 2.45) is 5.92 Å². The van der Waals surface area contributed by atoms with E-state index in [1.165, 1.54) is 18.3 Å². The molecule has 0 saturated carbocycles. The summed E-state index contributed by atoms with van der Waals surface area (Å²) in [7, 11) is 0. The largest absolute Gasteiger partial charge is 0.447 e. The molecule has 1 aromatic rings. The number of halogens is 3. The zero-order chi connectivity index (χ0) is 23.4. The zero-order valence-electron chi connectivity index (χ0n) is 18.5. The number of nitrogens with zero attached hydrogens (tertiary/aromatic N) is 3. The van der Waals surface area contributed by atoms with Crippen molar-refractivity contribution in [2.45, 2.75) is 69.6 Å². The van der Waals surface area contributed by atoms with Gasteiger partial charge in [0.05, 0.1) is 5.56 Å². The maximum absolute atomic E-state index is 13.0. The maximum Gasteiger partial charge on any atom is 0.447 e. The minimum atomic E-state index is -4.53. The molecule has 0 bridgehead atoms. The van der Waals surface area contributed by atoms with Crippen LogP contribution in [0.4, 0.5) is 18.0 Å². The molecule has 1 aromatic heterocycles. The number of alkyl halides is 3. The van der Waals surface area contributed by atoms with Crippen LogP contribution in [0, 0.1) is 5.92 Å². The Morgan fingerprint density at radius 2 is 2.00 bits per heavy atom. The molecule has 2 rings (SSSR count). The molecule has 1 aliphatic heterocycles. The van der Waals surface area contributed by atoms with E-state index >= 15 is 0 Å². The van der Waals surface area contributed by atoms with Crippen molar-refractivity contribution in [3.05, 3.63) is 23.9 Å². The molecule has 174 valence electrons. The highest BCUT2D eigenvalue weighted by molar-refractivity contribution is 8.00. The van der Waals surface area contributed by atoms with Crippen LogP contribution in [0.1, 0.15) is 57.8 Å². The number of aromatic nitrogens is 1. The van der Waals surface area contributed by atoms with Gasteiger partial charge in [0.1, 0.15) is 10.6 Å². The minimum absolute atomic E-state index is 0.00279. The Labute approximate surface area is 185 Å². The number of ether oxygens (including phenoxy) is 1. The highest BCUT2D eigenvalue weighted by Gasteiger charge is 2.35. The molecule has 2 amide bonds. The van der Waals surface area contributed by atoms with Crippen molar-refractivity contribution in [1.29, 1.82) is 0 Å². The standard InChI is InChI=1S/C21H30F3N3O3S/c1-14(2)27(19(29)30-20(3,4)5)13-15-8-7-11-26(12-15)18(28)16-9-6-10-25-17(16)31-21(22,23)24/h6,9-10,14-15H,7-8,11-13H2,1-5H3. The van der Waals surface area contributed by atoms with Crippen LogP contribution in [0.15, 0.2) is 23.4 Å². The Kier molecular flexibility index (Phi) is 8.24. The van der Waals surface area contributed by atoms with Gasteiger partial charge in [0.15, 0.2) is 0 Å². The second kappa shape index (κ2) is 10.1. The number of carbonyl (C=O) groups excluding carboxylic acids is 2. The summed E-state index contributed by atoms with van der Waals surface area (Å²) in [6.07, 6.45) is 2.35. The average Bonchev–Trinajstić information content (AvgIpc) is 2.63. The Balaban J connectivity index is 2.11. The van der Waals surface area contributed by atoms with Gasteiger partial charge in [-0.15, -0.1) is 0 Å². The Hall–Kier alpha value is -1.97. The summed E-state index contributed by atoms with van der Waals surface area (Å²) >= 11 is -0.384. The lowest BCUT2D eigenvalue weighted by molar-refractivity contribution is -0.0329. The predicted octanol–water partition coefficient (Wildman–Crippen LogP) is 5.19. The van der Waals surface area contributed by atoms with Gasteiger partial charge in [-0.3, -0.25) is 4.79 Å². The lowest BCUT2D eigenvalue weighted by Gasteiger charge is -2.37. The molecule has 10 heteroatoms. The van der Waals surface area contributed by atoms with Gasteiger partial charge < -0.3 is 14.5 Å². The van der Waals surface area contributed by atoms with Gasteiger partial charge in [0.25, 0.3) is 5.91 Å². The molecule has 0 aromatic carbocycles. The van der Waals surface area contributed by atoms with Crippen molar-refractivity contribution in [3.63, 3.8) is 0 Å². The number of pyridine rings is 1. The lowest BCUT2D eigenvalue weighted by atomic mass is 9.96. The minimum Gasteiger partial charge on any atom is -0.444 e. The predicted molar refractivity (Wildman–Crippen MR) is 113 cm³/mol. The van der Waals surface area contributed by atoms with Crippen molar-refractivity contribution >= 4 is 23.8 Å². The van der Waals surface area contributed by atoms with Crippen LogP contribution in [0.3, 0.4) is 0 Å². The van der Waals surface area contributed by atoms with Gasteiger partial charge in [-0.05, 0) is 65.5 Å². The topological polar surface area (TPSA) is 62.7 Å². The fourth-order valence-electron chi connectivity index (χ4n) is 3.41. The van der Waals surface area contributed by atoms with Gasteiger partial charge in [-0.25, -0.2) is 9.78 Å². The summed E-state index contributed by atoms with van der Waals surface area (Å²) < 4.78 is 44.0. The van der Waals surface area contributed by atoms with E-state index in [-0.39, 0.29) is 34.3 Å². The number of rotatable bonds is 5. The molecular formula is C21H30F3N3O3S. The molecular weight excluding hydrogens is 431 g/mol. The molecule has 0 N–H and O–H groups in total. The molecule has 0 spiro atoms. The van der Waals surface area contributed by atoms with E-state index in [4.69, 9.17) is 4.74 Å². The van der Waals surface area contributed by atoms with Gasteiger partial charge in [-0.1, -0.05) is 0 Å². The van der Waals surface area contributed by atoms with Crippen molar-refractivity contribution in [3.8, 4) is 0 Å². The van der Waals surface area contributed by atoms with Gasteiger partial charge in [0, 0.05) is 43.6 Å². The van der Waals surface area contributed by atoms with Crippen LogP contribution in [-0.2, 0) is 4.74 Å². The summed E-state index contributed by atoms with van der Waals surface area (Å²) in [5.74, 6) is -0.471. The van der Waals surface area contributed by atoms with Crippen LogP contribution in [-0.4, -0.2) is 63.6 Å². The number of amides is 2. The average molecular weight is 462 g/mol. The van der Waals surface area contributed by atoms with Gasteiger partial charge in [-0.2, -0.15) is 13.2 Å². The molecule has 6 nitrogen and oxygen atoms in total. The SMILES string of the molecule is CC(C)N(CC1CCCN(C(=O)c2cccnc2SC(F)(F)F)C1)C(=O)OC(C)(C)C. The maximum atomic E-state index is 13.0. The third kappa shape index (κ3) is 7.90. The molecule has 0 radical (unpaired) electrons. The van der Waals surface area contributed by atoms with Crippen molar-refractivity contribution in [2.75, 3.05) is 19.6 Å². The first-order chi connectivity index (χ1) is 14.3. The molecule has 31 heavy (non-hydrogen) atoms. The van der Waals surface area contributed by atoms with Gasteiger partial charge in [0.2, 0.25) is 0 Å². The van der Waals surface area contributed by atoms with Crippen LogP contribution in [0.25, 0.3) is 0 Å². The van der Waals surface area contributed by atoms with E-state index in [2.05, 4.69) is 4.98 Å². The monoisotopic (exact) mass is 461 g/mol. The quantitative estimate of drug-likeness (QED) is 0.565. The lowest BCUT2D eigenvalue weighted by Crippen LogP contribution is -2.48. The first kappa shape index (κ1) is 25.3. The Morgan fingerprint density at radius 1 is 1.32 bits per heavy atom. The highest BCUT2D eigenvalue weighted by atomic mass is 32.2. The van der Waals surface area contributed by atoms with Gasteiger partial charge >= 0.3 is 11.6 Å². The summed E-state index contributed by atoms with van der Waals surface area (Å²) in [6, 6.07) is 2.74. The van der Waals surface area contributed by atoms with Crippen LogP contribution in [0.5, 0.6) is 0 Å². The van der Waals surface area contributed by atoms with Crippen LogP contribution in [0.2, 0.25) is 0 Å². The van der Waals surface area contributed by atoms with E-state index in [0.29, 0.717) is 26.1 Å². The fraction of sp³-hybridized carbons (Fsp3) is 0.667. The van der Waals surface area contributed by atoms with E-state index in [0.717, 1.165) is 6.42 Å². The smallest absolute Gasteiger partial charge is 0.444 e. The Morgan fingerprint density at radius 3 is 2.58 bits per heavy atom. The molecule has 0 aliphatic carbocycles. The third-order valence-electron chi connectivity index (χ3n) is 4.73. The van der Waals surface area contributed by atoms with Crippen LogP contribution < -0.4 is 0 Å². The van der Waals surface area contributed by atoms with Crippen LogP contribution >= 0.6 is 11.8 Å². The van der Waals surface area contributed by atoms with E-state index in [9.17, 15) is 22.8 Å². The van der Waals surface area contributed by atoms with Crippen molar-refractivity contribution in [1.82, 2.24) is 14.8 Å². The summed E-state index contributed by atoms with van der Waals surface area (Å²) in [6.45, 7) is 10.4. The number of carbonyl (C=O) groups is 2. The number of hydrogen-bond donors (Lipinski definition) is 0. The second-order valence-electron chi connectivity index (χ2n) is 8.89.